The largest absolute Gasteiger partial charge is 0.376 e. The summed E-state index contributed by atoms with van der Waals surface area (Å²) in [7, 11) is 1.71. The van der Waals surface area contributed by atoms with Crippen molar-refractivity contribution in [2.75, 3.05) is 18.9 Å². The van der Waals surface area contributed by atoms with Crippen molar-refractivity contribution in [1.29, 1.82) is 0 Å². The molecule has 0 aliphatic carbocycles. The van der Waals surface area contributed by atoms with Crippen molar-refractivity contribution in [2.24, 2.45) is 7.05 Å². The molecule has 142 valence electrons. The predicted octanol–water partition coefficient (Wildman–Crippen LogP) is 3.11. The topological polar surface area (TPSA) is 73.2 Å². The van der Waals surface area contributed by atoms with Gasteiger partial charge in [0.15, 0.2) is 5.16 Å². The number of hydrogen-bond donors (Lipinski definition) is 1. The summed E-state index contributed by atoms with van der Waals surface area (Å²) in [6.45, 7) is 1.31. The molecule has 0 bridgehead atoms. The summed E-state index contributed by atoms with van der Waals surface area (Å²) < 4.78 is 7.04. The number of carbonyl (C=O) groups excluding carboxylic acids is 1. The summed E-state index contributed by atoms with van der Waals surface area (Å²) in [5.74, 6) is 0.150. The van der Waals surface area contributed by atoms with Crippen LogP contribution in [0.15, 0.2) is 32.8 Å². The Morgan fingerprint density at radius 3 is 3.11 bits per heavy atom. The first-order valence-electron chi connectivity index (χ1n) is 8.66. The molecule has 9 heteroatoms. The van der Waals surface area contributed by atoms with E-state index in [9.17, 15) is 9.59 Å². The van der Waals surface area contributed by atoms with Crippen LogP contribution < -0.4 is 10.9 Å². The third-order valence-electron chi connectivity index (χ3n) is 4.44. The molecule has 1 aliphatic heterocycles. The second-order valence-electron chi connectivity index (χ2n) is 6.29. The molecule has 3 aromatic rings. The van der Waals surface area contributed by atoms with E-state index in [1.165, 1.54) is 27.7 Å². The number of rotatable bonds is 6. The first-order chi connectivity index (χ1) is 13.1. The van der Waals surface area contributed by atoms with Gasteiger partial charge in [-0.3, -0.25) is 14.2 Å². The van der Waals surface area contributed by atoms with Crippen molar-refractivity contribution >= 4 is 50.6 Å². The molecule has 4 heterocycles. The van der Waals surface area contributed by atoms with Gasteiger partial charge in [0.25, 0.3) is 5.56 Å². The molecule has 0 radical (unpaired) electrons. The molecule has 27 heavy (non-hydrogen) atoms. The lowest BCUT2D eigenvalue weighted by Crippen LogP contribution is -2.33. The number of aromatic nitrogens is 2. The van der Waals surface area contributed by atoms with Crippen molar-refractivity contribution < 1.29 is 9.53 Å². The molecule has 4 rings (SSSR count). The second-order valence-corrected chi connectivity index (χ2v) is 9.04. The molecule has 1 amide bonds. The van der Waals surface area contributed by atoms with Gasteiger partial charge in [-0.25, -0.2) is 4.98 Å². The summed E-state index contributed by atoms with van der Waals surface area (Å²) in [5.41, 5.74) is 0.857. The van der Waals surface area contributed by atoms with Crippen LogP contribution in [0.1, 0.15) is 12.8 Å². The third-order valence-corrected chi connectivity index (χ3v) is 7.25. The smallest absolute Gasteiger partial charge is 0.263 e. The van der Waals surface area contributed by atoms with Crippen LogP contribution in [0.25, 0.3) is 20.7 Å². The molecule has 1 N–H and O–H groups in total. The molecule has 1 atom stereocenters. The summed E-state index contributed by atoms with van der Waals surface area (Å²) in [5, 5.41) is 8.07. The summed E-state index contributed by atoms with van der Waals surface area (Å²) >= 11 is 4.35. The van der Waals surface area contributed by atoms with E-state index in [0.717, 1.165) is 29.9 Å². The number of hydrogen-bond acceptors (Lipinski definition) is 7. The monoisotopic (exact) mass is 421 g/mol. The Balaban J connectivity index is 1.48. The van der Waals surface area contributed by atoms with Crippen molar-refractivity contribution in [3.05, 3.63) is 33.2 Å². The van der Waals surface area contributed by atoms with E-state index in [2.05, 4.69) is 10.3 Å². The van der Waals surface area contributed by atoms with E-state index in [1.807, 2.05) is 22.9 Å². The van der Waals surface area contributed by atoms with Gasteiger partial charge in [-0.15, -0.1) is 22.7 Å². The van der Waals surface area contributed by atoms with Gasteiger partial charge >= 0.3 is 0 Å². The maximum atomic E-state index is 12.9. The van der Waals surface area contributed by atoms with Crippen LogP contribution in [-0.4, -0.2) is 40.5 Å². The lowest BCUT2D eigenvalue weighted by atomic mass is 10.2. The van der Waals surface area contributed by atoms with E-state index in [1.54, 1.807) is 18.4 Å². The first-order valence-corrected chi connectivity index (χ1v) is 11.4. The van der Waals surface area contributed by atoms with Gasteiger partial charge in [0.05, 0.1) is 17.2 Å². The molecule has 6 nitrogen and oxygen atoms in total. The second kappa shape index (κ2) is 8.14. The standard InChI is InChI=1S/C18H19N3O3S3/c1-21-17(23)15-12(13-5-3-7-25-13)9-26-16(15)20-18(21)27-10-14(22)19-8-11-4-2-6-24-11/h3,5,7,9,11H,2,4,6,8,10H2,1H3,(H,19,22)/t11-/m1/s1. The Bertz CT molecular complexity index is 1000. The number of fused-ring (bicyclic) bond motifs is 1. The number of nitrogens with one attached hydrogen (secondary N) is 1. The van der Waals surface area contributed by atoms with Gasteiger partial charge < -0.3 is 10.1 Å². The number of nitrogens with zero attached hydrogens (tertiary/aromatic N) is 2. The van der Waals surface area contributed by atoms with Gasteiger partial charge in [0.1, 0.15) is 4.83 Å². The van der Waals surface area contributed by atoms with Crippen molar-refractivity contribution in [1.82, 2.24) is 14.9 Å². The molecule has 0 saturated carbocycles. The van der Waals surface area contributed by atoms with E-state index >= 15 is 0 Å². The van der Waals surface area contributed by atoms with Gasteiger partial charge in [-0.05, 0) is 24.3 Å². The zero-order valence-corrected chi connectivity index (χ0v) is 17.2. The number of thioether (sulfide) groups is 1. The fraction of sp³-hybridized carbons (Fsp3) is 0.389. The Kier molecular flexibility index (Phi) is 5.63. The Labute approximate surface area is 168 Å². The summed E-state index contributed by atoms with van der Waals surface area (Å²) in [6, 6.07) is 3.98. The minimum Gasteiger partial charge on any atom is -0.376 e. The van der Waals surface area contributed by atoms with Crippen LogP contribution in [0.5, 0.6) is 0 Å². The normalized spacial score (nSPS) is 16.9. The van der Waals surface area contributed by atoms with Crippen LogP contribution in [-0.2, 0) is 16.6 Å². The van der Waals surface area contributed by atoms with E-state index < -0.39 is 0 Å². The van der Waals surface area contributed by atoms with Crippen LogP contribution >= 0.6 is 34.4 Å². The van der Waals surface area contributed by atoms with Crippen molar-refractivity contribution in [3.8, 4) is 10.4 Å². The minimum atomic E-state index is -0.0769. The molecule has 0 spiro atoms. The van der Waals surface area contributed by atoms with Gasteiger partial charge in [-0.2, -0.15) is 0 Å². The number of carbonyl (C=O) groups is 1. The molecule has 1 fully saturated rings. The SMILES string of the molecule is Cn1c(SCC(=O)NC[C@H]2CCCO2)nc2scc(-c3cccs3)c2c1=O. The Hall–Kier alpha value is -1.68. The fourth-order valence-corrected chi connectivity index (χ4v) is 5.61. The molecule has 3 aromatic heterocycles. The van der Waals surface area contributed by atoms with Gasteiger partial charge in [0, 0.05) is 36.0 Å². The fourth-order valence-electron chi connectivity index (χ4n) is 3.01. The predicted molar refractivity (Wildman–Crippen MR) is 111 cm³/mol. The van der Waals surface area contributed by atoms with Gasteiger partial charge in [0.2, 0.25) is 5.91 Å². The Morgan fingerprint density at radius 1 is 1.48 bits per heavy atom. The average Bonchev–Trinajstić information content (AvgIpc) is 3.42. The number of amides is 1. The van der Waals surface area contributed by atoms with Crippen LogP contribution in [0.4, 0.5) is 0 Å². The zero-order valence-electron chi connectivity index (χ0n) is 14.8. The van der Waals surface area contributed by atoms with Crippen molar-refractivity contribution in [2.45, 2.75) is 24.1 Å². The lowest BCUT2D eigenvalue weighted by molar-refractivity contribution is -0.119. The maximum absolute atomic E-state index is 12.9. The van der Waals surface area contributed by atoms with E-state index in [-0.39, 0.29) is 23.3 Å². The van der Waals surface area contributed by atoms with Crippen molar-refractivity contribution in [3.63, 3.8) is 0 Å². The van der Waals surface area contributed by atoms with Crippen LogP contribution in [0.3, 0.4) is 0 Å². The minimum absolute atomic E-state index is 0.0738. The molecular weight excluding hydrogens is 402 g/mol. The van der Waals surface area contributed by atoms with E-state index in [4.69, 9.17) is 4.74 Å². The van der Waals surface area contributed by atoms with Crippen LogP contribution in [0.2, 0.25) is 0 Å². The summed E-state index contributed by atoms with van der Waals surface area (Å²) in [6.07, 6.45) is 2.17. The number of ether oxygens (including phenoxy) is 1. The maximum Gasteiger partial charge on any atom is 0.263 e. The quantitative estimate of drug-likeness (QED) is 0.489. The zero-order chi connectivity index (χ0) is 18.8. The Morgan fingerprint density at radius 2 is 2.37 bits per heavy atom. The highest BCUT2D eigenvalue weighted by molar-refractivity contribution is 7.99. The molecule has 1 saturated heterocycles. The number of thiophene rings is 2. The van der Waals surface area contributed by atoms with Crippen LogP contribution in [0, 0.1) is 0 Å². The highest BCUT2D eigenvalue weighted by Gasteiger charge is 2.18. The average molecular weight is 422 g/mol. The highest BCUT2D eigenvalue weighted by Crippen LogP contribution is 2.34. The lowest BCUT2D eigenvalue weighted by Gasteiger charge is -2.11. The van der Waals surface area contributed by atoms with Gasteiger partial charge in [-0.1, -0.05) is 17.8 Å². The molecular formula is C18H19N3O3S3. The van der Waals surface area contributed by atoms with E-state index in [0.29, 0.717) is 21.9 Å². The first kappa shape index (κ1) is 18.7. The summed E-state index contributed by atoms with van der Waals surface area (Å²) in [4.78, 5) is 31.4. The molecule has 0 unspecified atom stereocenters. The molecule has 0 aromatic carbocycles. The third kappa shape index (κ3) is 3.96. The molecule has 1 aliphatic rings. The highest BCUT2D eigenvalue weighted by atomic mass is 32.2.